The van der Waals surface area contributed by atoms with Crippen LogP contribution in [0.1, 0.15) is 31.8 Å². The maximum atomic E-state index is 12.0. The van der Waals surface area contributed by atoms with Crippen LogP contribution in [0.25, 0.3) is 0 Å². The highest BCUT2D eigenvalue weighted by molar-refractivity contribution is 14.1. The minimum Gasteiger partial charge on any atom is -0.452 e. The lowest BCUT2D eigenvalue weighted by molar-refractivity contribution is -0.119. The Morgan fingerprint density at radius 1 is 1.12 bits per heavy atom. The van der Waals surface area contributed by atoms with Gasteiger partial charge in [-0.1, -0.05) is 12.1 Å². The van der Waals surface area contributed by atoms with E-state index >= 15 is 0 Å². The molecule has 0 atom stereocenters. The highest BCUT2D eigenvalue weighted by atomic mass is 127. The third kappa shape index (κ3) is 4.64. The Bertz CT molecular complexity index is 761. The molecule has 0 spiro atoms. The van der Waals surface area contributed by atoms with E-state index in [0.717, 1.165) is 20.4 Å². The Kier molecular flexibility index (Phi) is 6.08. The molecule has 0 aliphatic carbocycles. The summed E-state index contributed by atoms with van der Waals surface area (Å²) in [5.41, 5.74) is 3.38. The van der Waals surface area contributed by atoms with Crippen molar-refractivity contribution in [3.63, 3.8) is 0 Å². The third-order valence-corrected chi connectivity index (χ3v) is 4.00. The fourth-order valence-electron chi connectivity index (χ4n) is 2.20. The van der Waals surface area contributed by atoms with Crippen LogP contribution in [-0.2, 0) is 9.53 Å². The second-order valence-electron chi connectivity index (χ2n) is 5.28. The minimum absolute atomic E-state index is 0.287. The first kappa shape index (κ1) is 18.1. The van der Waals surface area contributed by atoms with Crippen molar-refractivity contribution < 1.29 is 19.1 Å². The lowest BCUT2D eigenvalue weighted by Gasteiger charge is -2.12. The maximum absolute atomic E-state index is 12.0. The van der Waals surface area contributed by atoms with Gasteiger partial charge in [-0.25, -0.2) is 4.79 Å². The quantitative estimate of drug-likeness (QED) is 0.442. The molecule has 1 N–H and O–H groups in total. The summed E-state index contributed by atoms with van der Waals surface area (Å²) in [5.74, 6) is -1.01. The normalized spacial score (nSPS) is 10.1. The lowest BCUT2D eigenvalue weighted by Crippen LogP contribution is -2.22. The number of benzene rings is 2. The Hall–Kier alpha value is -2.22. The monoisotopic (exact) mass is 437 g/mol. The van der Waals surface area contributed by atoms with E-state index in [9.17, 15) is 14.4 Å². The lowest BCUT2D eigenvalue weighted by atomic mass is 10.1. The van der Waals surface area contributed by atoms with E-state index in [4.69, 9.17) is 4.74 Å². The molecule has 5 nitrogen and oxygen atoms in total. The van der Waals surface area contributed by atoms with Crippen molar-refractivity contribution in [2.24, 2.45) is 0 Å². The van der Waals surface area contributed by atoms with Crippen LogP contribution in [0.3, 0.4) is 0 Å². The molecule has 0 saturated heterocycles. The van der Waals surface area contributed by atoms with E-state index < -0.39 is 11.9 Å². The van der Waals surface area contributed by atoms with Crippen molar-refractivity contribution in [1.82, 2.24) is 0 Å². The van der Waals surface area contributed by atoms with Crippen LogP contribution >= 0.6 is 22.6 Å². The van der Waals surface area contributed by atoms with E-state index in [1.165, 1.54) is 24.3 Å². The number of ether oxygens (including phenoxy) is 1. The second-order valence-corrected chi connectivity index (χ2v) is 6.52. The van der Waals surface area contributed by atoms with Gasteiger partial charge in [-0.05, 0) is 71.8 Å². The van der Waals surface area contributed by atoms with Crippen LogP contribution in [0, 0.1) is 17.4 Å². The summed E-state index contributed by atoms with van der Waals surface area (Å²) in [6.07, 6.45) is 0.689. The molecule has 0 fully saturated rings. The average molecular weight is 437 g/mol. The summed E-state index contributed by atoms with van der Waals surface area (Å²) in [7, 11) is 0. The second kappa shape index (κ2) is 8.05. The van der Waals surface area contributed by atoms with E-state index in [1.54, 1.807) is 0 Å². The van der Waals surface area contributed by atoms with Gasteiger partial charge < -0.3 is 10.1 Å². The van der Waals surface area contributed by atoms with E-state index in [2.05, 4.69) is 27.9 Å². The predicted octanol–water partition coefficient (Wildman–Crippen LogP) is 3.52. The molecule has 2 rings (SSSR count). The molecule has 0 radical (unpaired) electrons. The molecule has 2 aromatic carbocycles. The summed E-state index contributed by atoms with van der Waals surface area (Å²) in [6, 6.07) is 9.92. The number of carbonyl (C=O) groups is 3. The SMILES string of the molecule is Cc1cc(I)cc(C)c1NC(=O)COC(=O)c1ccc(C=O)cc1. The summed E-state index contributed by atoms with van der Waals surface area (Å²) >= 11 is 2.21. The molecular weight excluding hydrogens is 421 g/mol. The number of hydrogen-bond acceptors (Lipinski definition) is 4. The van der Waals surface area contributed by atoms with Gasteiger partial charge in [0.2, 0.25) is 0 Å². The highest BCUT2D eigenvalue weighted by Gasteiger charge is 2.12. The Morgan fingerprint density at radius 3 is 2.25 bits per heavy atom. The fourth-order valence-corrected chi connectivity index (χ4v) is 3.13. The molecule has 0 heterocycles. The van der Waals surface area contributed by atoms with E-state index in [-0.39, 0.29) is 12.2 Å². The molecule has 0 unspecified atom stereocenters. The number of rotatable bonds is 5. The first-order valence-corrected chi connectivity index (χ1v) is 8.27. The van der Waals surface area contributed by atoms with Crippen LogP contribution in [0.5, 0.6) is 0 Å². The van der Waals surface area contributed by atoms with Gasteiger partial charge in [0, 0.05) is 14.8 Å². The molecule has 2 aromatic rings. The topological polar surface area (TPSA) is 72.5 Å². The van der Waals surface area contributed by atoms with Crippen LogP contribution in [0.15, 0.2) is 36.4 Å². The van der Waals surface area contributed by atoms with Gasteiger partial charge in [0.1, 0.15) is 6.29 Å². The third-order valence-electron chi connectivity index (χ3n) is 3.38. The van der Waals surface area contributed by atoms with Crippen LogP contribution in [-0.4, -0.2) is 24.8 Å². The summed E-state index contributed by atoms with van der Waals surface area (Å²) < 4.78 is 6.09. The fraction of sp³-hybridized carbons (Fsp3) is 0.167. The zero-order valence-electron chi connectivity index (χ0n) is 13.3. The van der Waals surface area contributed by atoms with Crippen molar-refractivity contribution in [1.29, 1.82) is 0 Å². The summed E-state index contributed by atoms with van der Waals surface area (Å²) in [5, 5.41) is 2.76. The molecule has 0 bridgehead atoms. The van der Waals surface area contributed by atoms with Crippen molar-refractivity contribution in [2.75, 3.05) is 11.9 Å². The van der Waals surface area contributed by atoms with Gasteiger partial charge in [0.05, 0.1) is 5.56 Å². The van der Waals surface area contributed by atoms with Crippen LogP contribution < -0.4 is 5.32 Å². The number of aldehydes is 1. The minimum atomic E-state index is -0.612. The highest BCUT2D eigenvalue weighted by Crippen LogP contribution is 2.23. The van der Waals surface area contributed by atoms with Crippen molar-refractivity contribution in [2.45, 2.75) is 13.8 Å². The number of hydrogen-bond donors (Lipinski definition) is 1. The van der Waals surface area contributed by atoms with Crippen LogP contribution in [0.2, 0.25) is 0 Å². The van der Waals surface area contributed by atoms with Crippen molar-refractivity contribution >= 4 is 46.4 Å². The van der Waals surface area contributed by atoms with Gasteiger partial charge in [0.15, 0.2) is 6.61 Å². The number of halogens is 1. The van der Waals surface area contributed by atoms with Gasteiger partial charge in [-0.2, -0.15) is 0 Å². The number of esters is 1. The van der Waals surface area contributed by atoms with Crippen LogP contribution in [0.4, 0.5) is 5.69 Å². The Labute approximate surface area is 153 Å². The largest absolute Gasteiger partial charge is 0.452 e. The van der Waals surface area contributed by atoms with E-state index in [0.29, 0.717) is 11.8 Å². The molecule has 0 aliphatic heterocycles. The van der Waals surface area contributed by atoms with Crippen molar-refractivity contribution in [3.05, 3.63) is 62.2 Å². The molecule has 0 aromatic heterocycles. The predicted molar refractivity (Wildman–Crippen MR) is 99.4 cm³/mol. The first-order valence-electron chi connectivity index (χ1n) is 7.19. The van der Waals surface area contributed by atoms with Gasteiger partial charge >= 0.3 is 5.97 Å². The molecule has 0 aliphatic rings. The zero-order valence-corrected chi connectivity index (χ0v) is 15.4. The number of nitrogens with one attached hydrogen (secondary N) is 1. The number of carbonyl (C=O) groups excluding carboxylic acids is 3. The zero-order chi connectivity index (χ0) is 17.7. The van der Waals surface area contributed by atoms with Crippen molar-refractivity contribution in [3.8, 4) is 0 Å². The maximum Gasteiger partial charge on any atom is 0.338 e. The number of aryl methyl sites for hydroxylation is 2. The molecule has 6 heteroatoms. The summed E-state index contributed by atoms with van der Waals surface area (Å²) in [4.78, 5) is 34.5. The smallest absolute Gasteiger partial charge is 0.338 e. The number of anilines is 1. The average Bonchev–Trinajstić information content (AvgIpc) is 2.56. The summed E-state index contributed by atoms with van der Waals surface area (Å²) in [6.45, 7) is 3.44. The van der Waals surface area contributed by atoms with E-state index in [1.807, 2.05) is 26.0 Å². The number of amides is 1. The van der Waals surface area contributed by atoms with Gasteiger partial charge in [0.25, 0.3) is 5.91 Å². The molecule has 24 heavy (non-hydrogen) atoms. The Balaban J connectivity index is 1.95. The first-order chi connectivity index (χ1) is 11.4. The molecule has 124 valence electrons. The standard InChI is InChI=1S/C18H16INO4/c1-11-7-15(19)8-12(2)17(11)20-16(22)10-24-18(23)14-5-3-13(9-21)4-6-14/h3-9H,10H2,1-2H3,(H,20,22). The Morgan fingerprint density at radius 2 is 1.71 bits per heavy atom. The van der Waals surface area contributed by atoms with Gasteiger partial charge in [-0.15, -0.1) is 0 Å². The van der Waals surface area contributed by atoms with Gasteiger partial charge in [-0.3, -0.25) is 9.59 Å². The molecule has 1 amide bonds. The molecular formula is C18H16INO4. The molecule has 0 saturated carbocycles.